The average Bonchev–Trinajstić information content (AvgIpc) is 3.03. The highest BCUT2D eigenvalue weighted by atomic mass is 32.2. The van der Waals surface area contributed by atoms with E-state index in [1.807, 2.05) is 19.1 Å². The summed E-state index contributed by atoms with van der Waals surface area (Å²) >= 11 is -1.43. The number of nitrogens with one attached hydrogen (secondary N) is 2. The highest BCUT2D eigenvalue weighted by Crippen LogP contribution is 2.11. The van der Waals surface area contributed by atoms with E-state index in [-0.39, 0.29) is 0 Å². The van der Waals surface area contributed by atoms with E-state index >= 15 is 0 Å². The number of nitrogens with zero attached hydrogens (tertiary/aromatic N) is 1. The van der Waals surface area contributed by atoms with Crippen molar-refractivity contribution in [3.8, 4) is 0 Å². The van der Waals surface area contributed by atoms with Crippen molar-refractivity contribution in [1.29, 1.82) is 0 Å². The average molecular weight is 333 g/mol. The summed E-state index contributed by atoms with van der Waals surface area (Å²) in [5.74, 6) is -0.414. The van der Waals surface area contributed by atoms with Crippen molar-refractivity contribution in [1.82, 2.24) is 9.82 Å². The molecule has 0 aliphatic heterocycles. The van der Waals surface area contributed by atoms with E-state index in [2.05, 4.69) is 14.9 Å². The third-order valence-corrected chi connectivity index (χ3v) is 4.08. The standard InChI is InChI=1S/C16H19N3O3S/c1-4-22-16(20)15-9-13(10-17-15)12(3)18-19-23(21)14-7-5-11(2)6-8-14/h5-10,17,19H,4H2,1-3H3/b18-12+. The second kappa shape index (κ2) is 7.85. The number of benzene rings is 1. The summed E-state index contributed by atoms with van der Waals surface area (Å²) in [6.07, 6.45) is 1.65. The van der Waals surface area contributed by atoms with Crippen LogP contribution in [-0.2, 0) is 16.1 Å². The topological polar surface area (TPSA) is 89.5 Å². The van der Waals surface area contributed by atoms with E-state index in [1.165, 1.54) is 0 Å². The van der Waals surface area contributed by atoms with Gasteiger partial charge in [0.2, 0.25) is 0 Å². The summed E-state index contributed by atoms with van der Waals surface area (Å²) in [5.41, 5.74) is 2.79. The zero-order chi connectivity index (χ0) is 16.8. The molecule has 0 amide bonds. The van der Waals surface area contributed by atoms with E-state index in [1.54, 1.807) is 38.2 Å². The number of carbonyl (C=O) groups excluding carboxylic acids is 1. The molecular weight excluding hydrogens is 314 g/mol. The van der Waals surface area contributed by atoms with Gasteiger partial charge in [-0.3, -0.25) is 0 Å². The monoisotopic (exact) mass is 333 g/mol. The zero-order valence-corrected chi connectivity index (χ0v) is 14.1. The number of hydrogen-bond donors (Lipinski definition) is 2. The molecule has 1 unspecified atom stereocenters. The number of hydrogen-bond acceptors (Lipinski definition) is 5. The Morgan fingerprint density at radius 3 is 2.74 bits per heavy atom. The molecular formula is C16H19N3O3S. The number of ether oxygens (including phenoxy) is 1. The molecule has 7 heteroatoms. The molecule has 2 aromatic rings. The van der Waals surface area contributed by atoms with Crippen molar-refractivity contribution < 1.29 is 14.1 Å². The van der Waals surface area contributed by atoms with E-state index in [0.29, 0.717) is 22.9 Å². The van der Waals surface area contributed by atoms with Gasteiger partial charge >= 0.3 is 5.97 Å². The molecule has 6 nitrogen and oxygen atoms in total. The van der Waals surface area contributed by atoms with E-state index in [0.717, 1.165) is 11.1 Å². The third kappa shape index (κ3) is 4.61. The Balaban J connectivity index is 2.02. The van der Waals surface area contributed by atoms with Crippen LogP contribution in [0.3, 0.4) is 0 Å². The van der Waals surface area contributed by atoms with E-state index in [4.69, 9.17) is 4.74 Å². The first-order valence-corrected chi connectivity index (χ1v) is 8.30. The maximum atomic E-state index is 12.1. The molecule has 0 fully saturated rings. The van der Waals surface area contributed by atoms with Gasteiger partial charge in [-0.1, -0.05) is 17.7 Å². The van der Waals surface area contributed by atoms with Crippen molar-refractivity contribution in [2.24, 2.45) is 5.10 Å². The number of aromatic amines is 1. The summed E-state index contributed by atoms with van der Waals surface area (Å²) in [6.45, 7) is 5.79. The van der Waals surface area contributed by atoms with Crippen molar-refractivity contribution >= 4 is 23.0 Å². The van der Waals surface area contributed by atoms with Crippen LogP contribution in [0.25, 0.3) is 0 Å². The molecule has 1 atom stereocenters. The Kier molecular flexibility index (Phi) is 5.84. The smallest absolute Gasteiger partial charge is 0.354 e. The quantitative estimate of drug-likeness (QED) is 0.368. The molecule has 0 saturated heterocycles. The molecule has 0 aliphatic carbocycles. The number of aryl methyl sites for hydroxylation is 1. The number of esters is 1. The summed E-state index contributed by atoms with van der Waals surface area (Å²) in [4.78, 5) is 17.7. The van der Waals surface area contributed by atoms with Gasteiger partial charge in [0.05, 0.1) is 12.3 Å². The highest BCUT2D eigenvalue weighted by Gasteiger charge is 2.12. The van der Waals surface area contributed by atoms with Crippen LogP contribution in [0.2, 0.25) is 0 Å². The Morgan fingerprint density at radius 2 is 2.09 bits per heavy atom. The van der Waals surface area contributed by atoms with E-state index in [9.17, 15) is 9.35 Å². The first kappa shape index (κ1) is 17.1. The number of carbonyl (C=O) groups is 1. The molecule has 0 saturated carbocycles. The van der Waals surface area contributed by atoms with Gasteiger partial charge in [-0.25, -0.2) is 4.79 Å². The summed E-state index contributed by atoms with van der Waals surface area (Å²) in [5, 5.41) is 4.11. The fraction of sp³-hybridized carbons (Fsp3) is 0.250. The van der Waals surface area contributed by atoms with Crippen LogP contribution in [0, 0.1) is 6.92 Å². The van der Waals surface area contributed by atoms with Gasteiger partial charge in [-0.05, 0) is 39.0 Å². The van der Waals surface area contributed by atoms with Crippen molar-refractivity contribution in [3.63, 3.8) is 0 Å². The van der Waals surface area contributed by atoms with Crippen molar-refractivity contribution in [2.45, 2.75) is 25.7 Å². The van der Waals surface area contributed by atoms with Gasteiger partial charge in [-0.15, -0.1) is 9.93 Å². The fourth-order valence-electron chi connectivity index (χ4n) is 1.82. The van der Waals surface area contributed by atoms with Gasteiger partial charge in [0.15, 0.2) is 4.90 Å². The third-order valence-electron chi connectivity index (χ3n) is 3.13. The fourth-order valence-corrected chi connectivity index (χ4v) is 2.53. The molecule has 2 N–H and O–H groups in total. The molecule has 0 radical (unpaired) electrons. The summed E-state index contributed by atoms with van der Waals surface area (Å²) in [6, 6.07) is 9.01. The van der Waals surface area contributed by atoms with Crippen LogP contribution in [0.15, 0.2) is 46.5 Å². The normalized spacial score (nSPS) is 12.8. The SMILES string of the molecule is CCOC(=O)c1cc(/C(C)=N/N[S+]([O-])c2ccc(C)cc2)c[nH]1. The number of aromatic nitrogens is 1. The van der Waals surface area contributed by atoms with Crippen LogP contribution in [0.4, 0.5) is 0 Å². The van der Waals surface area contributed by atoms with Gasteiger partial charge < -0.3 is 14.3 Å². The van der Waals surface area contributed by atoms with Gasteiger partial charge in [0.1, 0.15) is 17.1 Å². The van der Waals surface area contributed by atoms with Crippen LogP contribution < -0.4 is 4.83 Å². The molecule has 1 aromatic heterocycles. The molecule has 1 heterocycles. The summed E-state index contributed by atoms with van der Waals surface area (Å²) in [7, 11) is 0. The molecule has 0 bridgehead atoms. The molecule has 1 aromatic carbocycles. The predicted octanol–water partition coefficient (Wildman–Crippen LogP) is 2.54. The lowest BCUT2D eigenvalue weighted by Gasteiger charge is -2.08. The van der Waals surface area contributed by atoms with Crippen molar-refractivity contribution in [3.05, 3.63) is 53.3 Å². The maximum absolute atomic E-state index is 12.1. The Morgan fingerprint density at radius 1 is 1.39 bits per heavy atom. The Bertz CT molecular complexity index is 695. The zero-order valence-electron chi connectivity index (χ0n) is 13.3. The molecule has 122 valence electrons. The van der Waals surface area contributed by atoms with Crippen LogP contribution in [-0.4, -0.2) is 27.8 Å². The minimum absolute atomic E-state index is 0.317. The lowest BCUT2D eigenvalue weighted by Crippen LogP contribution is -2.19. The Labute approximate surface area is 138 Å². The number of hydrazone groups is 1. The van der Waals surface area contributed by atoms with Crippen molar-refractivity contribution in [2.75, 3.05) is 6.61 Å². The first-order chi connectivity index (χ1) is 11.0. The number of H-pyrrole nitrogens is 1. The van der Waals surface area contributed by atoms with Gasteiger partial charge in [0, 0.05) is 11.8 Å². The number of rotatable bonds is 6. The highest BCUT2D eigenvalue weighted by molar-refractivity contribution is 7.89. The van der Waals surface area contributed by atoms with Crippen LogP contribution >= 0.6 is 0 Å². The minimum atomic E-state index is -1.43. The van der Waals surface area contributed by atoms with E-state index < -0.39 is 17.3 Å². The molecule has 0 spiro atoms. The lowest BCUT2D eigenvalue weighted by molar-refractivity contribution is 0.0520. The second-order valence-corrected chi connectivity index (χ2v) is 6.08. The first-order valence-electron chi connectivity index (χ1n) is 7.15. The summed E-state index contributed by atoms with van der Waals surface area (Å²) < 4.78 is 17.0. The lowest BCUT2D eigenvalue weighted by atomic mass is 10.2. The van der Waals surface area contributed by atoms with Crippen LogP contribution in [0.5, 0.6) is 0 Å². The van der Waals surface area contributed by atoms with Gasteiger partial charge in [0.25, 0.3) is 0 Å². The molecule has 0 aliphatic rings. The largest absolute Gasteiger partial charge is 0.587 e. The molecule has 23 heavy (non-hydrogen) atoms. The second-order valence-electron chi connectivity index (χ2n) is 4.89. The van der Waals surface area contributed by atoms with Gasteiger partial charge in [-0.2, -0.15) is 0 Å². The Hall–Kier alpha value is -2.25. The van der Waals surface area contributed by atoms with Crippen LogP contribution in [0.1, 0.15) is 35.5 Å². The minimum Gasteiger partial charge on any atom is -0.587 e. The maximum Gasteiger partial charge on any atom is 0.354 e. The molecule has 2 rings (SSSR count). The predicted molar refractivity (Wildman–Crippen MR) is 89.7 cm³/mol.